The molecule has 0 fully saturated rings. The minimum absolute atomic E-state index is 0.141. The number of aromatic nitrogens is 15. The molecule has 0 atom stereocenters. The van der Waals surface area contributed by atoms with Gasteiger partial charge in [0.25, 0.3) is 0 Å². The summed E-state index contributed by atoms with van der Waals surface area (Å²) in [5.41, 5.74) is 17.5. The average Bonchev–Trinajstić information content (AvgIpc) is 1.60. The quantitative estimate of drug-likeness (QED) is 0.0770. The zero-order valence-electron chi connectivity index (χ0n) is 89.0. The van der Waals surface area contributed by atoms with Crippen molar-refractivity contribution in [3.63, 3.8) is 0 Å². The highest BCUT2D eigenvalue weighted by Crippen LogP contribution is 2.47. The molecule has 732 valence electrons. The minimum atomic E-state index is -0.324. The van der Waals surface area contributed by atoms with E-state index >= 15 is 0 Å². The first kappa shape index (κ1) is 100. The van der Waals surface area contributed by atoms with Crippen LogP contribution in [0.15, 0.2) is 190 Å². The summed E-state index contributed by atoms with van der Waals surface area (Å²) in [7, 11) is 0. The molecule has 7 heterocycles. The van der Waals surface area contributed by atoms with E-state index in [4.69, 9.17) is 117 Å². The Morgan fingerprint density at radius 1 is 0.135 bits per heavy atom. The summed E-state index contributed by atoms with van der Waals surface area (Å²) in [6.45, 7) is 78.8. The summed E-state index contributed by atoms with van der Waals surface area (Å²) < 4.78 is 62.3. The molecule has 0 spiro atoms. The number of rotatable bonds is 18. The summed E-state index contributed by atoms with van der Waals surface area (Å²) in [5, 5.41) is 57.1. The van der Waals surface area contributed by atoms with Crippen LogP contribution in [0.5, 0.6) is 35.3 Å². The van der Waals surface area contributed by atoms with E-state index in [0.717, 1.165) is 100 Å². The van der Waals surface area contributed by atoms with Crippen LogP contribution < -0.4 is 14.2 Å². The second-order valence-electron chi connectivity index (χ2n) is 50.0. The number of ether oxygens (including phenoxy) is 3. The molecule has 9 aromatic carbocycles. The van der Waals surface area contributed by atoms with Crippen LogP contribution in [-0.2, 0) is 65.0 Å². The molecule has 0 aliphatic carbocycles. The van der Waals surface area contributed by atoms with Crippen molar-refractivity contribution in [3.05, 3.63) is 231 Å². The average molecular weight is 1900 g/mol. The van der Waals surface area contributed by atoms with Gasteiger partial charge in [0.15, 0.2) is 0 Å². The van der Waals surface area contributed by atoms with Gasteiger partial charge in [-0.05, 0) is 259 Å². The van der Waals surface area contributed by atoms with E-state index in [0.29, 0.717) is 68.7 Å². The molecule has 0 unspecified atom stereocenters. The predicted molar refractivity (Wildman–Crippen MR) is 556 cm³/mol. The fourth-order valence-corrected chi connectivity index (χ4v) is 15.9. The summed E-state index contributed by atoms with van der Waals surface area (Å²) >= 11 is 0. The summed E-state index contributed by atoms with van der Waals surface area (Å²) in [6.07, 6.45) is 0. The molecule has 0 bridgehead atoms. The molecule has 7 aromatic heterocycles. The Balaban J connectivity index is 0.900. The topological polar surface area (TPSA) is 300 Å². The third-order valence-electron chi connectivity index (χ3n) is 25.4. The Morgan fingerprint density at radius 3 is 0.333 bits per heavy atom. The lowest BCUT2D eigenvalue weighted by Crippen LogP contribution is -2.16. The third kappa shape index (κ3) is 22.8. The second-order valence-corrected chi connectivity index (χ2v) is 50.0. The molecule has 0 amide bonds. The van der Waals surface area contributed by atoms with Gasteiger partial charge >= 0.3 is 18.0 Å². The molecule has 0 saturated carbocycles. The van der Waals surface area contributed by atoms with Gasteiger partial charge in [0, 0.05) is 66.8 Å². The number of nitrogens with zero attached hydrogens (tertiary/aromatic N) is 15. The van der Waals surface area contributed by atoms with Crippen molar-refractivity contribution >= 4 is 0 Å². The van der Waals surface area contributed by atoms with Crippen LogP contribution in [-0.4, -0.2) is 76.1 Å². The standard InChI is InChI=1S/C117H135N15O9/c1-106(2,3)76-40-70(41-77(58-76)107(4,5)6)97-127-121-91(136-97)64-37-65(92-122-128-98(137-92)71-42-78(108(7,8)9)59-79(43-71)109(10,11)12)53-88(52-64)133-103-118-104(134-89-54-66(93-123-129-99(138-93)72-44-80(110(13,14)15)60-81(45-72)111(16,17)18)38-67(55-89)94-124-130-100(139-94)73-46-82(112(19,20)21)61-83(47-73)113(22,23)24)120-105(119-103)135-90-56-68(95-125-131-101(140-95)74-48-84(114(25,26)27)62-85(49-74)115(28,29)30)39-69(57-90)96-126-132-102(141-96)75-50-86(116(31,32)33)63-87(51-75)117(34,35)36/h37-63H,1-36H3. The molecule has 24 heteroatoms. The van der Waals surface area contributed by atoms with Crippen molar-refractivity contribution in [1.82, 2.24) is 76.1 Å². The van der Waals surface area contributed by atoms with Gasteiger partial charge in [0.05, 0.1) is 0 Å². The van der Waals surface area contributed by atoms with Crippen molar-refractivity contribution in [2.24, 2.45) is 0 Å². The third-order valence-corrected chi connectivity index (χ3v) is 25.4. The first-order valence-electron chi connectivity index (χ1n) is 48.5. The Hall–Kier alpha value is -13.8. The van der Waals surface area contributed by atoms with E-state index in [1.54, 1.807) is 36.4 Å². The molecule has 16 aromatic rings. The minimum Gasteiger partial charge on any atom is -0.424 e. The first-order valence-corrected chi connectivity index (χ1v) is 48.5. The molecular weight excluding hydrogens is 1760 g/mol. The number of hydrogen-bond acceptors (Lipinski definition) is 24. The van der Waals surface area contributed by atoms with E-state index in [1.165, 1.54) is 0 Å². The molecular formula is C117H135N15O9. The van der Waals surface area contributed by atoms with Gasteiger partial charge in [0.1, 0.15) is 17.2 Å². The maximum Gasteiger partial charge on any atom is 0.331 e. The molecule has 0 aliphatic rings. The molecule has 141 heavy (non-hydrogen) atoms. The second kappa shape index (κ2) is 35.8. The molecule has 0 radical (unpaired) electrons. The summed E-state index contributed by atoms with van der Waals surface area (Å²) in [5.74, 6) is 3.05. The van der Waals surface area contributed by atoms with E-state index in [2.05, 4.69) is 358 Å². The Morgan fingerprint density at radius 2 is 0.234 bits per heavy atom. The molecule has 0 saturated heterocycles. The van der Waals surface area contributed by atoms with Gasteiger partial charge in [-0.3, -0.25) is 0 Å². The highest BCUT2D eigenvalue weighted by molar-refractivity contribution is 5.75. The maximum absolute atomic E-state index is 7.11. The van der Waals surface area contributed by atoms with Gasteiger partial charge in [-0.15, -0.1) is 76.1 Å². The van der Waals surface area contributed by atoms with Crippen LogP contribution >= 0.6 is 0 Å². The van der Waals surface area contributed by atoms with E-state index < -0.39 is 0 Å². The smallest absolute Gasteiger partial charge is 0.331 e. The van der Waals surface area contributed by atoms with Crippen LogP contribution in [0.3, 0.4) is 0 Å². The van der Waals surface area contributed by atoms with Crippen molar-refractivity contribution in [2.45, 2.75) is 314 Å². The Labute approximate surface area is 829 Å². The van der Waals surface area contributed by atoms with Crippen LogP contribution in [0.4, 0.5) is 0 Å². The summed E-state index contributed by atoms with van der Waals surface area (Å²) in [6, 6.07) is 53.7. The molecule has 24 nitrogen and oxygen atoms in total. The highest BCUT2D eigenvalue weighted by Gasteiger charge is 2.34. The normalized spacial score (nSPS) is 13.1. The maximum atomic E-state index is 7.11. The molecule has 16 rings (SSSR count). The van der Waals surface area contributed by atoms with Crippen LogP contribution in [0.25, 0.3) is 137 Å². The molecule has 0 N–H and O–H groups in total. The van der Waals surface area contributed by atoms with Crippen molar-refractivity contribution in [2.75, 3.05) is 0 Å². The fraction of sp³-hybridized carbons (Fsp3) is 0.410. The van der Waals surface area contributed by atoms with E-state index in [9.17, 15) is 0 Å². The predicted octanol–water partition coefficient (Wildman–Crippen LogP) is 31.1. The van der Waals surface area contributed by atoms with Gasteiger partial charge in [0.2, 0.25) is 70.7 Å². The van der Waals surface area contributed by atoms with Gasteiger partial charge in [-0.1, -0.05) is 286 Å². The lowest BCUT2D eigenvalue weighted by molar-refractivity contribution is 0.362. The van der Waals surface area contributed by atoms with Gasteiger partial charge in [-0.2, -0.15) is 0 Å². The monoisotopic (exact) mass is 1890 g/mol. The zero-order valence-corrected chi connectivity index (χ0v) is 89.0. The lowest BCUT2D eigenvalue weighted by Gasteiger charge is -2.25. The SMILES string of the molecule is CC(C)(C)c1cc(-c2nnc(-c3cc(Oc4nc(Oc5cc(-c6nnc(-c7cc(C(C)(C)C)cc(C(C)(C)C)c7)o6)cc(-c6nnc(-c7cc(C(C)(C)C)cc(C(C)(C)C)c7)o6)c5)nc(Oc5cc(-c6nnc(-c7cc(C(C)(C)C)cc(C(C)(C)C)c7)o6)cc(-c6nnc(-c7cc(C(C)(C)C)cc(C(C)(C)C)c7)o6)c5)n4)cc(-c4nnc(-c5cc(C(C)(C)C)cc(C(C)(C)C)c5)o4)c3)o2)cc(C(C)(C)C)c1. The van der Waals surface area contributed by atoms with Crippen LogP contribution in [0.2, 0.25) is 0 Å². The van der Waals surface area contributed by atoms with Crippen LogP contribution in [0.1, 0.15) is 316 Å². The van der Waals surface area contributed by atoms with Crippen molar-refractivity contribution in [3.8, 4) is 173 Å². The van der Waals surface area contributed by atoms with Gasteiger partial charge < -0.3 is 40.7 Å². The largest absolute Gasteiger partial charge is 0.424 e. The van der Waals surface area contributed by atoms with Crippen LogP contribution in [0, 0.1) is 0 Å². The van der Waals surface area contributed by atoms with Crippen molar-refractivity contribution in [1.29, 1.82) is 0 Å². The van der Waals surface area contributed by atoms with Crippen molar-refractivity contribution < 1.29 is 40.7 Å². The number of benzene rings is 9. The Bertz CT molecular complexity index is 6120. The first-order chi connectivity index (χ1) is 65.2. The Kier molecular flexibility index (Phi) is 25.4. The lowest BCUT2D eigenvalue weighted by atomic mass is 9.79. The van der Waals surface area contributed by atoms with Gasteiger partial charge in [-0.25, -0.2) is 0 Å². The molecule has 0 aliphatic heterocycles. The van der Waals surface area contributed by atoms with E-state index in [-0.39, 0.29) is 136 Å². The highest BCUT2D eigenvalue weighted by atomic mass is 16.5. The summed E-state index contributed by atoms with van der Waals surface area (Å²) in [4.78, 5) is 15.1. The fourth-order valence-electron chi connectivity index (χ4n) is 15.9. The van der Waals surface area contributed by atoms with E-state index in [1.807, 2.05) is 18.2 Å². The zero-order chi connectivity index (χ0) is 102. The number of hydrogen-bond donors (Lipinski definition) is 0.